The van der Waals surface area contributed by atoms with E-state index in [1.165, 1.54) is 12.7 Å². The largest absolute Gasteiger partial charge is 0.400 e. The summed E-state index contributed by atoms with van der Waals surface area (Å²) in [6.07, 6.45) is 1.85. The van der Waals surface area contributed by atoms with Crippen molar-refractivity contribution in [1.29, 1.82) is 0 Å². The van der Waals surface area contributed by atoms with Crippen LogP contribution in [0.1, 0.15) is 6.92 Å². The number of aliphatic hydroxyl groups excluding tert-OH is 1. The zero-order valence-electron chi connectivity index (χ0n) is 11.6. The maximum Gasteiger partial charge on any atom is 0.350 e. The number of aromatic nitrogens is 4. The van der Waals surface area contributed by atoms with E-state index in [4.69, 9.17) is 25.4 Å². The van der Waals surface area contributed by atoms with E-state index in [2.05, 4.69) is 15.0 Å². The van der Waals surface area contributed by atoms with Crippen molar-refractivity contribution >= 4 is 24.6 Å². The SMILES string of the molecule is CC(Cn1cnc2c(N)ncnc21)OCP(=O)(O)O.CO. The van der Waals surface area contributed by atoms with Crippen molar-refractivity contribution in [3.05, 3.63) is 12.7 Å². The smallest absolute Gasteiger partial charge is 0.350 e. The minimum absolute atomic E-state index is 0.285. The minimum atomic E-state index is -4.16. The van der Waals surface area contributed by atoms with E-state index in [1.54, 1.807) is 11.5 Å². The second kappa shape index (κ2) is 7.43. The molecule has 0 saturated heterocycles. The number of hydrogen-bond acceptors (Lipinski definition) is 7. The first-order valence-electron chi connectivity index (χ1n) is 5.89. The Hall–Kier alpha value is -1.58. The number of hydrogen-bond donors (Lipinski definition) is 4. The minimum Gasteiger partial charge on any atom is -0.400 e. The molecule has 0 spiro atoms. The van der Waals surface area contributed by atoms with Gasteiger partial charge < -0.3 is 29.9 Å². The Balaban J connectivity index is 0.00000106. The van der Waals surface area contributed by atoms with Crippen molar-refractivity contribution in [3.63, 3.8) is 0 Å². The van der Waals surface area contributed by atoms with E-state index < -0.39 is 20.0 Å². The van der Waals surface area contributed by atoms with E-state index in [0.29, 0.717) is 17.7 Å². The van der Waals surface area contributed by atoms with Gasteiger partial charge in [-0.05, 0) is 6.92 Å². The van der Waals surface area contributed by atoms with Crippen molar-refractivity contribution in [3.8, 4) is 0 Å². The zero-order valence-corrected chi connectivity index (χ0v) is 12.5. The number of anilines is 1. The summed E-state index contributed by atoms with van der Waals surface area (Å²) >= 11 is 0. The fourth-order valence-corrected chi connectivity index (χ4v) is 2.04. The lowest BCUT2D eigenvalue weighted by molar-refractivity contribution is 0.0764. The predicted octanol–water partition coefficient (Wildman–Crippen LogP) is -0.443. The highest BCUT2D eigenvalue weighted by molar-refractivity contribution is 7.51. The number of fused-ring (bicyclic) bond motifs is 1. The topological polar surface area (TPSA) is 157 Å². The lowest BCUT2D eigenvalue weighted by atomic mass is 10.4. The molecule has 21 heavy (non-hydrogen) atoms. The van der Waals surface area contributed by atoms with E-state index >= 15 is 0 Å². The van der Waals surface area contributed by atoms with Crippen LogP contribution >= 0.6 is 7.60 Å². The molecule has 118 valence electrons. The van der Waals surface area contributed by atoms with Gasteiger partial charge in [0.25, 0.3) is 0 Å². The molecule has 2 aromatic rings. The van der Waals surface area contributed by atoms with Gasteiger partial charge in [-0.3, -0.25) is 4.57 Å². The Morgan fingerprint density at radius 3 is 2.67 bits per heavy atom. The summed E-state index contributed by atoms with van der Waals surface area (Å²) < 4.78 is 17.5. The number of nitrogens with zero attached hydrogens (tertiary/aromatic N) is 4. The van der Waals surface area contributed by atoms with Crippen LogP contribution in [0.4, 0.5) is 5.82 Å². The van der Waals surface area contributed by atoms with Crippen molar-refractivity contribution in [2.24, 2.45) is 0 Å². The van der Waals surface area contributed by atoms with E-state index in [9.17, 15) is 4.57 Å². The molecule has 10 nitrogen and oxygen atoms in total. The highest BCUT2D eigenvalue weighted by Gasteiger charge is 2.16. The molecule has 0 saturated carbocycles. The summed E-state index contributed by atoms with van der Waals surface area (Å²) in [6.45, 7) is 2.05. The molecule has 0 amide bonds. The summed E-state index contributed by atoms with van der Waals surface area (Å²) in [5.74, 6) is 0.285. The van der Waals surface area contributed by atoms with Crippen LogP contribution in [-0.4, -0.2) is 54.0 Å². The third-order valence-corrected chi connectivity index (χ3v) is 2.90. The van der Waals surface area contributed by atoms with Gasteiger partial charge >= 0.3 is 7.60 Å². The molecule has 0 aliphatic heterocycles. The van der Waals surface area contributed by atoms with Gasteiger partial charge in [0.1, 0.15) is 18.2 Å². The van der Waals surface area contributed by atoms with Gasteiger partial charge in [-0.15, -0.1) is 0 Å². The zero-order chi connectivity index (χ0) is 16.0. The highest BCUT2D eigenvalue weighted by Crippen LogP contribution is 2.34. The maximum absolute atomic E-state index is 10.7. The molecule has 1 atom stereocenters. The average Bonchev–Trinajstić information content (AvgIpc) is 2.83. The number of aliphatic hydroxyl groups is 1. The van der Waals surface area contributed by atoms with Gasteiger partial charge in [0.15, 0.2) is 11.5 Å². The number of nitrogens with two attached hydrogens (primary N) is 1. The second-order valence-corrected chi connectivity index (χ2v) is 5.69. The molecule has 11 heteroatoms. The molecule has 2 rings (SSSR count). The molecule has 2 aromatic heterocycles. The fraction of sp³-hybridized carbons (Fsp3) is 0.500. The fourth-order valence-electron chi connectivity index (χ4n) is 1.59. The molecule has 5 N–H and O–H groups in total. The van der Waals surface area contributed by atoms with Crippen molar-refractivity contribution in [1.82, 2.24) is 19.5 Å². The summed E-state index contributed by atoms with van der Waals surface area (Å²) in [6, 6.07) is 0. The molecular weight excluding hydrogens is 301 g/mol. The Kier molecular flexibility index (Phi) is 6.19. The molecule has 0 aliphatic carbocycles. The van der Waals surface area contributed by atoms with E-state index in [1.807, 2.05) is 0 Å². The molecule has 0 fully saturated rings. The molecule has 0 aliphatic rings. The summed E-state index contributed by atoms with van der Waals surface area (Å²) in [5.41, 5.74) is 6.70. The van der Waals surface area contributed by atoms with Crippen LogP contribution in [-0.2, 0) is 15.8 Å². The van der Waals surface area contributed by atoms with E-state index in [-0.39, 0.29) is 5.82 Å². The van der Waals surface area contributed by atoms with Crippen LogP contribution in [0.2, 0.25) is 0 Å². The third-order valence-electron chi connectivity index (χ3n) is 2.41. The van der Waals surface area contributed by atoms with Crippen LogP contribution in [0.5, 0.6) is 0 Å². The molecule has 1 unspecified atom stereocenters. The summed E-state index contributed by atoms with van der Waals surface area (Å²) in [7, 11) is -3.16. The normalized spacial score (nSPS) is 12.8. The third kappa shape index (κ3) is 5.03. The molecule has 0 radical (unpaired) electrons. The first-order chi connectivity index (χ1) is 9.87. The predicted molar refractivity (Wildman–Crippen MR) is 75.3 cm³/mol. The number of ether oxygens (including phenoxy) is 1. The maximum atomic E-state index is 10.7. The Labute approximate surface area is 120 Å². The van der Waals surface area contributed by atoms with Crippen LogP contribution in [0, 0.1) is 0 Å². The van der Waals surface area contributed by atoms with Gasteiger partial charge in [0, 0.05) is 7.11 Å². The van der Waals surface area contributed by atoms with E-state index in [0.717, 1.165) is 7.11 Å². The standard InChI is InChI=1S/C9H14N5O4P.CH4O/c1-6(18-5-19(15,16)17)2-14-4-13-7-8(10)11-3-12-9(7)14;1-2/h3-4,6H,2,5H2,1H3,(H2,10,11,12)(H2,15,16,17);2H,1H3. The van der Waals surface area contributed by atoms with Gasteiger partial charge in [-0.2, -0.15) is 0 Å². The van der Waals surface area contributed by atoms with Crippen molar-refractivity contribution in [2.75, 3.05) is 19.2 Å². The van der Waals surface area contributed by atoms with Gasteiger partial charge in [0.05, 0.1) is 19.0 Å². The van der Waals surface area contributed by atoms with Gasteiger partial charge in [0.2, 0.25) is 0 Å². The quantitative estimate of drug-likeness (QED) is 0.536. The van der Waals surface area contributed by atoms with Crippen LogP contribution in [0.25, 0.3) is 11.2 Å². The molecular formula is C10H18N5O5P. The van der Waals surface area contributed by atoms with Crippen LogP contribution < -0.4 is 5.73 Å². The number of rotatable bonds is 5. The molecule has 0 bridgehead atoms. The highest BCUT2D eigenvalue weighted by atomic mass is 31.2. The average molecular weight is 319 g/mol. The van der Waals surface area contributed by atoms with Crippen molar-refractivity contribution in [2.45, 2.75) is 19.6 Å². The number of nitrogen functional groups attached to an aromatic ring is 1. The van der Waals surface area contributed by atoms with Gasteiger partial charge in [-0.25, -0.2) is 15.0 Å². The second-order valence-electron chi connectivity index (χ2n) is 4.10. The Morgan fingerprint density at radius 2 is 2.05 bits per heavy atom. The van der Waals surface area contributed by atoms with Crippen LogP contribution in [0.15, 0.2) is 12.7 Å². The van der Waals surface area contributed by atoms with Crippen molar-refractivity contribution < 1.29 is 24.2 Å². The molecule has 0 aromatic carbocycles. The first kappa shape index (κ1) is 17.5. The monoisotopic (exact) mass is 319 g/mol. The number of imidazole rings is 1. The lowest BCUT2D eigenvalue weighted by Gasteiger charge is -2.14. The first-order valence-corrected chi connectivity index (χ1v) is 7.69. The Morgan fingerprint density at radius 1 is 1.38 bits per heavy atom. The molecule has 2 heterocycles. The van der Waals surface area contributed by atoms with Gasteiger partial charge in [-0.1, -0.05) is 0 Å². The summed E-state index contributed by atoms with van der Waals surface area (Å²) in [4.78, 5) is 29.4. The Bertz CT molecular complexity index is 627. The summed E-state index contributed by atoms with van der Waals surface area (Å²) in [5, 5.41) is 7.00. The lowest BCUT2D eigenvalue weighted by Crippen LogP contribution is -2.17. The van der Waals surface area contributed by atoms with Crippen LogP contribution in [0.3, 0.4) is 0 Å².